The molecule has 0 aliphatic carbocycles. The van der Waals surface area contributed by atoms with E-state index >= 15 is 0 Å². The highest BCUT2D eigenvalue weighted by Crippen LogP contribution is 2.28. The molecule has 0 aromatic heterocycles. The maximum absolute atomic E-state index is 12.7. The molecule has 1 unspecified atom stereocenters. The third-order valence-corrected chi connectivity index (χ3v) is 5.46. The zero-order chi connectivity index (χ0) is 18.6. The van der Waals surface area contributed by atoms with Crippen LogP contribution in [0.4, 0.5) is 0 Å². The lowest BCUT2D eigenvalue weighted by Gasteiger charge is -2.30. The van der Waals surface area contributed by atoms with Crippen LogP contribution in [0.15, 0.2) is 48.5 Å². The van der Waals surface area contributed by atoms with Crippen LogP contribution in [0.25, 0.3) is 0 Å². The normalized spacial score (nSPS) is 19.8. The number of carbonyl (C=O) groups is 1. The summed E-state index contributed by atoms with van der Waals surface area (Å²) in [6.45, 7) is 4.36. The summed E-state index contributed by atoms with van der Waals surface area (Å²) in [6, 6.07) is 15.7. The maximum atomic E-state index is 12.7. The molecule has 27 heavy (non-hydrogen) atoms. The molecule has 1 saturated heterocycles. The van der Waals surface area contributed by atoms with E-state index in [2.05, 4.69) is 11.0 Å². The van der Waals surface area contributed by atoms with E-state index < -0.39 is 0 Å². The van der Waals surface area contributed by atoms with Gasteiger partial charge in [-0.3, -0.25) is 9.69 Å². The number of amides is 1. The van der Waals surface area contributed by atoms with Crippen molar-refractivity contribution in [3.8, 4) is 11.5 Å². The van der Waals surface area contributed by atoms with Crippen LogP contribution in [-0.2, 0) is 6.42 Å². The molecule has 4 rings (SSSR count). The Morgan fingerprint density at radius 2 is 1.78 bits per heavy atom. The van der Waals surface area contributed by atoms with Crippen molar-refractivity contribution in [2.45, 2.75) is 18.9 Å². The standard InChI is InChI=1S/C22H26N2O3/c1-26-20-8-4-5-9-21(20)27-18-11-12-23(16-18)14-15-24-13-10-17-6-2-3-7-19(17)22(24)25/h2-9,18H,10-16H2,1H3. The maximum Gasteiger partial charge on any atom is 0.254 e. The summed E-state index contributed by atoms with van der Waals surface area (Å²) >= 11 is 0. The third kappa shape index (κ3) is 3.93. The Kier molecular flexibility index (Phi) is 5.30. The number of para-hydroxylation sites is 2. The van der Waals surface area contributed by atoms with Crippen LogP contribution in [0, 0.1) is 0 Å². The second-order valence-corrected chi connectivity index (χ2v) is 7.18. The Hall–Kier alpha value is -2.53. The Balaban J connectivity index is 1.29. The molecule has 2 heterocycles. The topological polar surface area (TPSA) is 42.0 Å². The highest BCUT2D eigenvalue weighted by Gasteiger charge is 2.27. The quantitative estimate of drug-likeness (QED) is 0.788. The minimum atomic E-state index is 0.165. The molecular formula is C22H26N2O3. The number of methoxy groups -OCH3 is 1. The fourth-order valence-electron chi connectivity index (χ4n) is 3.94. The van der Waals surface area contributed by atoms with Crippen LogP contribution in [-0.4, -0.2) is 61.6 Å². The number of hydrogen-bond acceptors (Lipinski definition) is 4. The van der Waals surface area contributed by atoms with E-state index in [0.29, 0.717) is 0 Å². The largest absolute Gasteiger partial charge is 0.493 e. The number of nitrogens with zero attached hydrogens (tertiary/aromatic N) is 2. The molecule has 0 saturated carbocycles. The summed E-state index contributed by atoms with van der Waals surface area (Å²) in [5, 5.41) is 0. The van der Waals surface area contributed by atoms with Gasteiger partial charge in [0.1, 0.15) is 6.10 Å². The molecule has 2 aromatic rings. The first-order valence-electron chi connectivity index (χ1n) is 9.64. The number of likely N-dealkylation sites (tertiary alicyclic amines) is 1. The molecule has 0 radical (unpaired) electrons. The summed E-state index contributed by atoms with van der Waals surface area (Å²) < 4.78 is 11.5. The van der Waals surface area contributed by atoms with Crippen LogP contribution in [0.3, 0.4) is 0 Å². The van der Waals surface area contributed by atoms with Gasteiger partial charge in [-0.2, -0.15) is 0 Å². The minimum absolute atomic E-state index is 0.165. The van der Waals surface area contributed by atoms with E-state index in [4.69, 9.17) is 9.47 Å². The van der Waals surface area contributed by atoms with Gasteiger partial charge in [-0.1, -0.05) is 30.3 Å². The Morgan fingerprint density at radius 1 is 1.00 bits per heavy atom. The number of ether oxygens (including phenoxy) is 2. The average molecular weight is 366 g/mol. The van der Waals surface area contributed by atoms with E-state index in [9.17, 15) is 4.79 Å². The molecule has 2 aliphatic heterocycles. The second-order valence-electron chi connectivity index (χ2n) is 7.18. The van der Waals surface area contributed by atoms with Gasteiger partial charge in [0.25, 0.3) is 5.91 Å². The van der Waals surface area contributed by atoms with Crippen LogP contribution in [0.1, 0.15) is 22.3 Å². The van der Waals surface area contributed by atoms with E-state index in [0.717, 1.165) is 62.6 Å². The zero-order valence-corrected chi connectivity index (χ0v) is 15.8. The number of carbonyl (C=O) groups excluding carboxylic acids is 1. The SMILES string of the molecule is COc1ccccc1OC1CCN(CCN2CCc3ccccc3C2=O)C1. The van der Waals surface area contributed by atoms with Gasteiger partial charge >= 0.3 is 0 Å². The van der Waals surface area contributed by atoms with Crippen molar-refractivity contribution in [2.75, 3.05) is 39.8 Å². The predicted octanol–water partition coefficient (Wildman–Crippen LogP) is 2.85. The molecule has 1 fully saturated rings. The Labute approximate surface area is 160 Å². The average Bonchev–Trinajstić information content (AvgIpc) is 3.15. The molecular weight excluding hydrogens is 340 g/mol. The lowest BCUT2D eigenvalue weighted by atomic mass is 9.99. The van der Waals surface area contributed by atoms with Crippen LogP contribution in [0.2, 0.25) is 0 Å². The predicted molar refractivity (Wildman–Crippen MR) is 105 cm³/mol. The molecule has 142 valence electrons. The third-order valence-electron chi connectivity index (χ3n) is 5.46. The molecule has 1 atom stereocenters. The van der Waals surface area contributed by atoms with Crippen LogP contribution in [0.5, 0.6) is 11.5 Å². The lowest BCUT2D eigenvalue weighted by Crippen LogP contribution is -2.42. The summed E-state index contributed by atoms with van der Waals surface area (Å²) in [7, 11) is 1.66. The Morgan fingerprint density at radius 3 is 2.63 bits per heavy atom. The number of benzene rings is 2. The van der Waals surface area contributed by atoms with Crippen molar-refractivity contribution in [3.05, 3.63) is 59.7 Å². The first-order chi connectivity index (χ1) is 13.2. The highest BCUT2D eigenvalue weighted by atomic mass is 16.5. The van der Waals surface area contributed by atoms with Crippen LogP contribution >= 0.6 is 0 Å². The van der Waals surface area contributed by atoms with Crippen molar-refractivity contribution in [2.24, 2.45) is 0 Å². The highest BCUT2D eigenvalue weighted by molar-refractivity contribution is 5.96. The molecule has 5 heteroatoms. The summed E-state index contributed by atoms with van der Waals surface area (Å²) in [4.78, 5) is 17.0. The molecule has 1 amide bonds. The minimum Gasteiger partial charge on any atom is -0.493 e. The number of hydrogen-bond donors (Lipinski definition) is 0. The van der Waals surface area contributed by atoms with Gasteiger partial charge in [-0.25, -0.2) is 0 Å². The first kappa shape index (κ1) is 17.9. The van der Waals surface area contributed by atoms with Gasteiger partial charge < -0.3 is 14.4 Å². The fourth-order valence-corrected chi connectivity index (χ4v) is 3.94. The summed E-state index contributed by atoms with van der Waals surface area (Å²) in [5.74, 6) is 1.74. The molecule has 0 spiro atoms. The summed E-state index contributed by atoms with van der Waals surface area (Å²) in [6.07, 6.45) is 2.11. The van der Waals surface area contributed by atoms with Gasteiger partial charge in [-0.05, 0) is 36.6 Å². The van der Waals surface area contributed by atoms with Crippen molar-refractivity contribution in [1.29, 1.82) is 0 Å². The first-order valence-corrected chi connectivity index (χ1v) is 9.64. The molecule has 5 nitrogen and oxygen atoms in total. The van der Waals surface area contributed by atoms with E-state index in [1.807, 2.05) is 47.4 Å². The van der Waals surface area contributed by atoms with E-state index in [1.54, 1.807) is 7.11 Å². The molecule has 2 aromatic carbocycles. The number of fused-ring (bicyclic) bond motifs is 1. The second kappa shape index (κ2) is 8.01. The molecule has 2 aliphatic rings. The smallest absolute Gasteiger partial charge is 0.254 e. The molecule has 0 N–H and O–H groups in total. The van der Waals surface area contributed by atoms with Gasteiger partial charge in [0, 0.05) is 38.3 Å². The van der Waals surface area contributed by atoms with Gasteiger partial charge in [0.05, 0.1) is 7.11 Å². The van der Waals surface area contributed by atoms with Crippen molar-refractivity contribution < 1.29 is 14.3 Å². The van der Waals surface area contributed by atoms with Crippen molar-refractivity contribution in [1.82, 2.24) is 9.80 Å². The van der Waals surface area contributed by atoms with Gasteiger partial charge in [-0.15, -0.1) is 0 Å². The van der Waals surface area contributed by atoms with E-state index in [1.165, 1.54) is 5.56 Å². The van der Waals surface area contributed by atoms with Crippen molar-refractivity contribution >= 4 is 5.91 Å². The molecule has 0 bridgehead atoms. The van der Waals surface area contributed by atoms with Gasteiger partial charge in [0.2, 0.25) is 0 Å². The zero-order valence-electron chi connectivity index (χ0n) is 15.8. The number of rotatable bonds is 6. The lowest BCUT2D eigenvalue weighted by molar-refractivity contribution is 0.0721. The van der Waals surface area contributed by atoms with Gasteiger partial charge in [0.15, 0.2) is 11.5 Å². The monoisotopic (exact) mass is 366 g/mol. The fraction of sp³-hybridized carbons (Fsp3) is 0.409. The van der Waals surface area contributed by atoms with Crippen molar-refractivity contribution in [3.63, 3.8) is 0 Å². The summed E-state index contributed by atoms with van der Waals surface area (Å²) in [5.41, 5.74) is 2.03. The Bertz CT molecular complexity index is 808. The van der Waals surface area contributed by atoms with E-state index in [-0.39, 0.29) is 12.0 Å². The van der Waals surface area contributed by atoms with Crippen LogP contribution < -0.4 is 9.47 Å².